The second kappa shape index (κ2) is 6.17. The maximum Gasteiger partial charge on any atom is 0.255 e. The Morgan fingerprint density at radius 3 is 2.82 bits per heavy atom. The van der Waals surface area contributed by atoms with Crippen LogP contribution in [0.15, 0.2) is 24.5 Å². The SMILES string of the molecule is Cc1ccc2c(C(=O)NCCC(=O)N3CCCC3)cnn2c1. The number of likely N-dealkylation sites (tertiary alicyclic amines) is 1. The number of aryl methyl sites for hydroxylation is 1. The first kappa shape index (κ1) is 14.6. The third kappa shape index (κ3) is 2.95. The molecule has 0 radical (unpaired) electrons. The van der Waals surface area contributed by atoms with Crippen LogP contribution in [0.1, 0.15) is 35.2 Å². The molecule has 1 fully saturated rings. The molecule has 2 aromatic heterocycles. The lowest BCUT2D eigenvalue weighted by molar-refractivity contribution is -0.129. The molecule has 1 aliphatic heterocycles. The normalized spacial score (nSPS) is 14.5. The molecule has 3 rings (SSSR count). The highest BCUT2D eigenvalue weighted by Crippen LogP contribution is 2.12. The highest BCUT2D eigenvalue weighted by atomic mass is 16.2. The van der Waals surface area contributed by atoms with Crippen LogP contribution in [0.5, 0.6) is 0 Å². The summed E-state index contributed by atoms with van der Waals surface area (Å²) in [6, 6.07) is 3.83. The van der Waals surface area contributed by atoms with Gasteiger partial charge in [0.1, 0.15) is 0 Å². The van der Waals surface area contributed by atoms with Crippen LogP contribution < -0.4 is 5.32 Å². The Morgan fingerprint density at radius 1 is 1.27 bits per heavy atom. The number of amides is 2. The van der Waals surface area contributed by atoms with E-state index >= 15 is 0 Å². The van der Waals surface area contributed by atoms with Crippen LogP contribution in [-0.4, -0.2) is 46.0 Å². The van der Waals surface area contributed by atoms with E-state index in [9.17, 15) is 9.59 Å². The zero-order valence-electron chi connectivity index (χ0n) is 12.7. The van der Waals surface area contributed by atoms with E-state index in [4.69, 9.17) is 0 Å². The van der Waals surface area contributed by atoms with Crippen molar-refractivity contribution >= 4 is 17.3 Å². The smallest absolute Gasteiger partial charge is 0.255 e. The van der Waals surface area contributed by atoms with Gasteiger partial charge in [0.2, 0.25) is 5.91 Å². The topological polar surface area (TPSA) is 66.7 Å². The van der Waals surface area contributed by atoms with Crippen molar-refractivity contribution in [3.05, 3.63) is 35.7 Å². The number of hydrogen-bond acceptors (Lipinski definition) is 3. The van der Waals surface area contributed by atoms with Crippen molar-refractivity contribution < 1.29 is 9.59 Å². The summed E-state index contributed by atoms with van der Waals surface area (Å²) in [4.78, 5) is 26.0. The Bertz CT molecular complexity index is 701. The fraction of sp³-hybridized carbons (Fsp3) is 0.438. The maximum atomic E-state index is 12.2. The van der Waals surface area contributed by atoms with Crippen LogP contribution in [0.25, 0.3) is 5.52 Å². The lowest BCUT2D eigenvalue weighted by atomic mass is 10.2. The number of carbonyl (C=O) groups excluding carboxylic acids is 2. The number of nitrogens with one attached hydrogen (secondary N) is 1. The van der Waals surface area contributed by atoms with E-state index in [1.54, 1.807) is 10.7 Å². The molecule has 2 amide bonds. The number of pyridine rings is 1. The van der Waals surface area contributed by atoms with Crippen molar-refractivity contribution in [2.24, 2.45) is 0 Å². The minimum atomic E-state index is -0.187. The van der Waals surface area contributed by atoms with Gasteiger partial charge in [0.25, 0.3) is 5.91 Å². The predicted octanol–water partition coefficient (Wildman–Crippen LogP) is 1.39. The Labute approximate surface area is 129 Å². The summed E-state index contributed by atoms with van der Waals surface area (Å²) in [6.45, 7) is 4.03. The van der Waals surface area contributed by atoms with Gasteiger partial charge in [0.15, 0.2) is 0 Å². The first-order valence-corrected chi connectivity index (χ1v) is 7.65. The minimum absolute atomic E-state index is 0.119. The summed E-state index contributed by atoms with van der Waals surface area (Å²) in [7, 11) is 0. The molecule has 6 heteroatoms. The molecule has 0 unspecified atom stereocenters. The number of fused-ring (bicyclic) bond motifs is 1. The van der Waals surface area contributed by atoms with Crippen LogP contribution in [0.3, 0.4) is 0 Å². The van der Waals surface area contributed by atoms with E-state index in [2.05, 4.69) is 10.4 Å². The average Bonchev–Trinajstić information content (AvgIpc) is 3.16. The van der Waals surface area contributed by atoms with E-state index in [-0.39, 0.29) is 11.8 Å². The minimum Gasteiger partial charge on any atom is -0.351 e. The van der Waals surface area contributed by atoms with Crippen molar-refractivity contribution in [1.82, 2.24) is 19.8 Å². The number of hydrogen-bond donors (Lipinski definition) is 1. The summed E-state index contributed by atoms with van der Waals surface area (Å²) < 4.78 is 1.69. The molecule has 1 N–H and O–H groups in total. The zero-order valence-corrected chi connectivity index (χ0v) is 12.7. The van der Waals surface area contributed by atoms with E-state index in [0.717, 1.165) is 37.0 Å². The van der Waals surface area contributed by atoms with Crippen LogP contribution in [0.4, 0.5) is 0 Å². The fourth-order valence-electron chi connectivity index (χ4n) is 2.76. The van der Waals surface area contributed by atoms with Crippen LogP contribution in [-0.2, 0) is 4.79 Å². The molecule has 1 aliphatic rings. The predicted molar refractivity (Wildman–Crippen MR) is 82.7 cm³/mol. The number of nitrogens with zero attached hydrogens (tertiary/aromatic N) is 3. The molecule has 1 saturated heterocycles. The molecular weight excluding hydrogens is 280 g/mol. The first-order chi connectivity index (χ1) is 10.6. The van der Waals surface area contributed by atoms with E-state index in [1.165, 1.54) is 0 Å². The van der Waals surface area contributed by atoms with Gasteiger partial charge >= 0.3 is 0 Å². The summed E-state index contributed by atoms with van der Waals surface area (Å²) in [5, 5.41) is 6.99. The van der Waals surface area contributed by atoms with Gasteiger partial charge in [-0.15, -0.1) is 0 Å². The molecular formula is C16H20N4O2. The zero-order chi connectivity index (χ0) is 15.5. The third-order valence-electron chi connectivity index (χ3n) is 3.99. The first-order valence-electron chi connectivity index (χ1n) is 7.65. The number of rotatable bonds is 4. The lowest BCUT2D eigenvalue weighted by Gasteiger charge is -2.15. The molecule has 0 atom stereocenters. The van der Waals surface area contributed by atoms with Gasteiger partial charge in [-0.1, -0.05) is 6.07 Å². The molecule has 22 heavy (non-hydrogen) atoms. The standard InChI is InChI=1S/C16H20N4O2/c1-12-4-5-14-13(10-18-20(14)11-12)16(22)17-7-6-15(21)19-8-2-3-9-19/h4-5,10-11H,2-3,6-9H2,1H3,(H,17,22). The van der Waals surface area contributed by atoms with Crippen molar-refractivity contribution in [3.63, 3.8) is 0 Å². The maximum absolute atomic E-state index is 12.2. The molecule has 3 heterocycles. The lowest BCUT2D eigenvalue weighted by Crippen LogP contribution is -2.32. The van der Waals surface area contributed by atoms with Gasteiger partial charge < -0.3 is 10.2 Å². The summed E-state index contributed by atoms with van der Waals surface area (Å²) in [5.74, 6) is -0.0682. The monoisotopic (exact) mass is 300 g/mol. The van der Waals surface area contributed by atoms with Gasteiger partial charge in [-0.05, 0) is 31.4 Å². The molecule has 116 valence electrons. The van der Waals surface area contributed by atoms with Crippen LogP contribution in [0.2, 0.25) is 0 Å². The Kier molecular flexibility index (Phi) is 4.09. The van der Waals surface area contributed by atoms with E-state index < -0.39 is 0 Å². The molecule has 0 bridgehead atoms. The number of carbonyl (C=O) groups is 2. The largest absolute Gasteiger partial charge is 0.351 e. The molecule has 0 aliphatic carbocycles. The van der Waals surface area contributed by atoms with Crippen molar-refractivity contribution in [1.29, 1.82) is 0 Å². The molecule has 0 saturated carbocycles. The third-order valence-corrected chi connectivity index (χ3v) is 3.99. The van der Waals surface area contributed by atoms with Crippen LogP contribution >= 0.6 is 0 Å². The molecule has 0 spiro atoms. The molecule has 6 nitrogen and oxygen atoms in total. The van der Waals surface area contributed by atoms with Crippen molar-refractivity contribution in [3.8, 4) is 0 Å². The van der Waals surface area contributed by atoms with Gasteiger partial charge in [-0.25, -0.2) is 4.52 Å². The van der Waals surface area contributed by atoms with Crippen molar-refractivity contribution in [2.75, 3.05) is 19.6 Å². The summed E-state index contributed by atoms with van der Waals surface area (Å²) in [5.41, 5.74) is 2.39. The molecule has 2 aromatic rings. The van der Waals surface area contributed by atoms with Gasteiger partial charge in [0, 0.05) is 32.3 Å². The van der Waals surface area contributed by atoms with Crippen LogP contribution in [0, 0.1) is 6.92 Å². The Balaban J connectivity index is 1.58. The quantitative estimate of drug-likeness (QED) is 0.928. The van der Waals surface area contributed by atoms with Crippen molar-refractivity contribution in [2.45, 2.75) is 26.2 Å². The Morgan fingerprint density at radius 2 is 2.05 bits per heavy atom. The van der Waals surface area contributed by atoms with Gasteiger partial charge in [-0.3, -0.25) is 9.59 Å². The summed E-state index contributed by atoms with van der Waals surface area (Å²) >= 11 is 0. The van der Waals surface area contributed by atoms with E-state index in [1.807, 2.05) is 30.2 Å². The van der Waals surface area contributed by atoms with Gasteiger partial charge in [-0.2, -0.15) is 5.10 Å². The van der Waals surface area contributed by atoms with E-state index in [0.29, 0.717) is 18.5 Å². The Hall–Kier alpha value is -2.37. The second-order valence-electron chi connectivity index (χ2n) is 5.69. The fourth-order valence-corrected chi connectivity index (χ4v) is 2.76. The second-order valence-corrected chi connectivity index (χ2v) is 5.69. The van der Waals surface area contributed by atoms with Gasteiger partial charge in [0.05, 0.1) is 17.3 Å². The highest BCUT2D eigenvalue weighted by molar-refractivity contribution is 6.00. The highest BCUT2D eigenvalue weighted by Gasteiger charge is 2.18. The molecule has 0 aromatic carbocycles. The summed E-state index contributed by atoms with van der Waals surface area (Å²) in [6.07, 6.45) is 5.96. The number of aromatic nitrogens is 2. The average molecular weight is 300 g/mol.